The molecule has 1 rings (SSSR count). The molecule has 2 heteroatoms. The van der Waals surface area contributed by atoms with Gasteiger partial charge in [0.2, 0.25) is 0 Å². The van der Waals surface area contributed by atoms with E-state index >= 15 is 0 Å². The molecule has 0 saturated heterocycles. The lowest BCUT2D eigenvalue weighted by atomic mass is 9.85. The highest BCUT2D eigenvalue weighted by Crippen LogP contribution is 2.27. The van der Waals surface area contributed by atoms with Gasteiger partial charge in [0.15, 0.2) is 0 Å². The van der Waals surface area contributed by atoms with Crippen molar-refractivity contribution in [2.24, 2.45) is 5.92 Å². The molecule has 0 amide bonds. The van der Waals surface area contributed by atoms with Crippen LogP contribution in [0.5, 0.6) is 0 Å². The van der Waals surface area contributed by atoms with E-state index in [1.807, 2.05) is 0 Å². The number of hydrogen-bond donors (Lipinski definition) is 1. The van der Waals surface area contributed by atoms with Crippen LogP contribution in [0.3, 0.4) is 0 Å². The molecule has 1 saturated carbocycles. The van der Waals surface area contributed by atoms with E-state index in [-0.39, 0.29) is 0 Å². The topological polar surface area (TPSA) is 15.3 Å². The van der Waals surface area contributed by atoms with E-state index < -0.39 is 0 Å². The molecule has 1 atom stereocenters. The van der Waals surface area contributed by atoms with Crippen LogP contribution in [0.2, 0.25) is 0 Å². The highest BCUT2D eigenvalue weighted by atomic mass is 15.2. The Morgan fingerprint density at radius 1 is 1.18 bits per heavy atom. The van der Waals surface area contributed by atoms with Crippen LogP contribution < -0.4 is 5.32 Å². The molecule has 0 aromatic carbocycles. The molecular formula is C15H32N2. The summed E-state index contributed by atoms with van der Waals surface area (Å²) in [6, 6.07) is 1.39. The van der Waals surface area contributed by atoms with E-state index in [9.17, 15) is 0 Å². The summed E-state index contributed by atoms with van der Waals surface area (Å²) < 4.78 is 0. The van der Waals surface area contributed by atoms with Crippen LogP contribution in [-0.2, 0) is 0 Å². The summed E-state index contributed by atoms with van der Waals surface area (Å²) in [5, 5.41) is 3.70. The Morgan fingerprint density at radius 3 is 2.24 bits per heavy atom. The summed E-state index contributed by atoms with van der Waals surface area (Å²) in [7, 11) is 0. The molecule has 1 fully saturated rings. The molecule has 0 aromatic heterocycles. The van der Waals surface area contributed by atoms with Crippen LogP contribution in [0.4, 0.5) is 0 Å². The lowest BCUT2D eigenvalue weighted by Crippen LogP contribution is -2.45. The van der Waals surface area contributed by atoms with E-state index in [0.29, 0.717) is 12.1 Å². The largest absolute Gasteiger partial charge is 0.312 e. The minimum absolute atomic E-state index is 0.682. The molecule has 1 N–H and O–H groups in total. The Hall–Kier alpha value is -0.0800. The normalized spacial score (nSPS) is 18.7. The predicted molar refractivity (Wildman–Crippen MR) is 76.4 cm³/mol. The van der Waals surface area contributed by atoms with Crippen molar-refractivity contribution in [2.45, 2.75) is 71.9 Å². The predicted octanol–water partition coefficient (Wildman–Crippen LogP) is 3.28. The molecule has 17 heavy (non-hydrogen) atoms. The first-order chi connectivity index (χ1) is 8.21. The Labute approximate surface area is 108 Å². The van der Waals surface area contributed by atoms with Crippen LogP contribution in [0, 0.1) is 5.92 Å². The van der Waals surface area contributed by atoms with Crippen LogP contribution in [0.1, 0.15) is 59.8 Å². The smallest absolute Gasteiger partial charge is 0.0192 e. The van der Waals surface area contributed by atoms with Gasteiger partial charge < -0.3 is 5.32 Å². The fraction of sp³-hybridized carbons (Fsp3) is 1.00. The lowest BCUT2D eigenvalue weighted by molar-refractivity contribution is 0.142. The number of hydrogen-bond acceptors (Lipinski definition) is 2. The van der Waals surface area contributed by atoms with Crippen molar-refractivity contribution in [1.29, 1.82) is 0 Å². The van der Waals surface area contributed by atoms with Gasteiger partial charge in [-0.2, -0.15) is 0 Å². The molecule has 0 radical (unpaired) electrons. The first-order valence-corrected chi connectivity index (χ1v) is 7.68. The van der Waals surface area contributed by atoms with Crippen molar-refractivity contribution in [3.05, 3.63) is 0 Å². The van der Waals surface area contributed by atoms with Crippen molar-refractivity contribution in [2.75, 3.05) is 19.6 Å². The number of likely N-dealkylation sites (N-methyl/N-ethyl adjacent to an activating group) is 1. The van der Waals surface area contributed by atoms with Crippen LogP contribution in [0.15, 0.2) is 0 Å². The molecule has 0 aromatic rings. The van der Waals surface area contributed by atoms with Gasteiger partial charge in [0, 0.05) is 25.2 Å². The lowest BCUT2D eigenvalue weighted by Gasteiger charge is -2.36. The Kier molecular flexibility index (Phi) is 7.14. The maximum absolute atomic E-state index is 3.70. The molecule has 1 aliphatic carbocycles. The second kappa shape index (κ2) is 8.10. The van der Waals surface area contributed by atoms with Crippen molar-refractivity contribution >= 4 is 0 Å². The van der Waals surface area contributed by atoms with E-state index in [1.54, 1.807) is 0 Å². The first kappa shape index (κ1) is 15.0. The van der Waals surface area contributed by atoms with Gasteiger partial charge >= 0.3 is 0 Å². The van der Waals surface area contributed by atoms with E-state index in [2.05, 4.69) is 37.9 Å². The first-order valence-electron chi connectivity index (χ1n) is 7.68. The quantitative estimate of drug-likeness (QED) is 0.665. The number of nitrogens with zero attached hydrogens (tertiary/aromatic N) is 1. The summed E-state index contributed by atoms with van der Waals surface area (Å²) in [5.74, 6) is 0.991. The third-order valence-corrected chi connectivity index (χ3v) is 4.43. The average Bonchev–Trinajstić information content (AvgIpc) is 2.29. The molecular weight excluding hydrogens is 208 g/mol. The Morgan fingerprint density at radius 2 is 1.82 bits per heavy atom. The molecule has 0 aliphatic heterocycles. The van der Waals surface area contributed by atoms with E-state index in [1.165, 1.54) is 45.2 Å². The molecule has 0 bridgehead atoms. The monoisotopic (exact) mass is 240 g/mol. The summed E-state index contributed by atoms with van der Waals surface area (Å²) in [6.07, 6.45) is 6.88. The van der Waals surface area contributed by atoms with Crippen molar-refractivity contribution < 1.29 is 0 Å². The third-order valence-electron chi connectivity index (χ3n) is 4.43. The highest BCUT2D eigenvalue weighted by Gasteiger charge is 2.22. The molecule has 1 aliphatic rings. The minimum Gasteiger partial charge on any atom is -0.312 e. The van der Waals surface area contributed by atoms with Crippen LogP contribution in [-0.4, -0.2) is 36.6 Å². The van der Waals surface area contributed by atoms with Crippen molar-refractivity contribution in [1.82, 2.24) is 10.2 Å². The van der Waals surface area contributed by atoms with Crippen LogP contribution in [0.25, 0.3) is 0 Å². The van der Waals surface area contributed by atoms with Crippen LogP contribution >= 0.6 is 0 Å². The van der Waals surface area contributed by atoms with Crippen molar-refractivity contribution in [3.63, 3.8) is 0 Å². The van der Waals surface area contributed by atoms with Gasteiger partial charge in [-0.25, -0.2) is 0 Å². The van der Waals surface area contributed by atoms with Crippen molar-refractivity contribution in [3.8, 4) is 0 Å². The molecule has 2 nitrogen and oxygen atoms in total. The zero-order valence-corrected chi connectivity index (χ0v) is 12.3. The van der Waals surface area contributed by atoms with Gasteiger partial charge in [-0.15, -0.1) is 0 Å². The summed E-state index contributed by atoms with van der Waals surface area (Å²) in [4.78, 5) is 2.65. The van der Waals surface area contributed by atoms with Gasteiger partial charge in [0.1, 0.15) is 0 Å². The molecule has 0 heterocycles. The molecule has 1 unspecified atom stereocenters. The van der Waals surface area contributed by atoms with Gasteiger partial charge in [0.25, 0.3) is 0 Å². The SMILES string of the molecule is CCC(CC)NCC(C)N(CC)CC1CCC1. The number of nitrogens with one attached hydrogen (secondary N) is 1. The Bertz CT molecular complexity index is 185. The van der Waals surface area contributed by atoms with Gasteiger partial charge in [-0.1, -0.05) is 27.2 Å². The van der Waals surface area contributed by atoms with Gasteiger partial charge in [-0.3, -0.25) is 4.90 Å². The Balaban J connectivity index is 2.24. The standard InChI is InChI=1S/C15H32N2/c1-5-15(6-2)16-11-13(4)17(7-3)12-14-9-8-10-14/h13-16H,5-12H2,1-4H3. The zero-order valence-electron chi connectivity index (χ0n) is 12.3. The fourth-order valence-electron chi connectivity index (χ4n) is 2.67. The summed E-state index contributed by atoms with van der Waals surface area (Å²) in [6.45, 7) is 12.9. The zero-order chi connectivity index (χ0) is 12.7. The van der Waals surface area contributed by atoms with E-state index in [0.717, 1.165) is 12.5 Å². The van der Waals surface area contributed by atoms with Gasteiger partial charge in [0.05, 0.1) is 0 Å². The fourth-order valence-corrected chi connectivity index (χ4v) is 2.67. The second-order valence-electron chi connectivity index (χ2n) is 5.66. The summed E-state index contributed by atoms with van der Waals surface area (Å²) >= 11 is 0. The third kappa shape index (κ3) is 4.97. The minimum atomic E-state index is 0.682. The van der Waals surface area contributed by atoms with Gasteiger partial charge in [-0.05, 0) is 45.1 Å². The summed E-state index contributed by atoms with van der Waals surface area (Å²) in [5.41, 5.74) is 0. The van der Waals surface area contributed by atoms with E-state index in [4.69, 9.17) is 0 Å². The maximum atomic E-state index is 3.70. The molecule has 0 spiro atoms. The maximum Gasteiger partial charge on any atom is 0.0192 e. The molecule has 102 valence electrons. The highest BCUT2D eigenvalue weighted by molar-refractivity contribution is 4.78. The average molecular weight is 240 g/mol. The number of rotatable bonds is 9. The second-order valence-corrected chi connectivity index (χ2v) is 5.66.